The Morgan fingerprint density at radius 3 is 1.67 bits per heavy atom. The van der Waals surface area contributed by atoms with E-state index in [9.17, 15) is 97.3 Å². The van der Waals surface area contributed by atoms with Gasteiger partial charge >= 0.3 is 5.97 Å². The van der Waals surface area contributed by atoms with Crippen molar-refractivity contribution < 1.29 is 102 Å². The molecule has 0 spiro atoms. The average Bonchev–Trinajstić information content (AvgIpc) is 3.43. The third-order valence-electron chi connectivity index (χ3n) is 11.2. The summed E-state index contributed by atoms with van der Waals surface area (Å²) in [5, 5.41) is 17.2. The van der Waals surface area contributed by atoms with E-state index in [1.165, 1.54) is 74.8 Å². The van der Waals surface area contributed by atoms with Crippen molar-refractivity contribution in [3.8, 4) is 0 Å². The van der Waals surface area contributed by atoms with Crippen molar-refractivity contribution in [2.45, 2.75) is 69.1 Å². The highest BCUT2D eigenvalue weighted by Crippen LogP contribution is 2.46. The zero-order chi connectivity index (χ0) is 55.8. The summed E-state index contributed by atoms with van der Waals surface area (Å²) in [7, 11) is -28.0. The summed E-state index contributed by atoms with van der Waals surface area (Å²) in [4.78, 5) is 38.7. The number of aromatic carboxylic acids is 1. The van der Waals surface area contributed by atoms with Gasteiger partial charge < -0.3 is 21.1 Å². The lowest BCUT2D eigenvalue weighted by Gasteiger charge is -2.32. The van der Waals surface area contributed by atoms with Crippen LogP contribution in [0.2, 0.25) is 0 Å². The van der Waals surface area contributed by atoms with Crippen molar-refractivity contribution in [2.75, 3.05) is 54.9 Å². The fraction of sp³-hybridized carbons (Fsp3) is 0.463. The molecule has 1 aliphatic heterocycles. The highest BCUT2D eigenvalue weighted by Gasteiger charge is 2.50. The molecule has 0 saturated heterocycles. The average molecular weight is 1150 g/mol. The summed E-state index contributed by atoms with van der Waals surface area (Å²) < 4.78 is 201. The van der Waals surface area contributed by atoms with Crippen LogP contribution in [0.4, 0.5) is 5.69 Å². The lowest BCUT2D eigenvalue weighted by Crippen LogP contribution is -2.36. The third kappa shape index (κ3) is 19.0. The molecule has 32 heteroatoms. The molecule has 73 heavy (non-hydrogen) atoms. The highest BCUT2D eigenvalue weighted by molar-refractivity contribution is 7.87. The maximum Gasteiger partial charge on any atom is 0.335 e. The largest absolute Gasteiger partial charge is 0.478 e. The Balaban J connectivity index is 2.41. The number of hydrogen-bond donors (Lipinski definition) is 10. The van der Waals surface area contributed by atoms with Crippen LogP contribution in [-0.2, 0) is 71.5 Å². The number of carboxylic acids is 1. The molecule has 2 aromatic rings. The molecule has 408 valence electrons. The lowest BCUT2D eigenvalue weighted by atomic mass is 9.73. The van der Waals surface area contributed by atoms with Crippen LogP contribution < -0.4 is 16.0 Å². The van der Waals surface area contributed by atoms with Crippen LogP contribution in [0.3, 0.4) is 0 Å². The summed E-state index contributed by atoms with van der Waals surface area (Å²) in [5.74, 6) is -7.80. The van der Waals surface area contributed by atoms with Gasteiger partial charge in [-0.15, -0.1) is 0 Å². The molecule has 3 rings (SSSR count). The number of nitrogens with zero attached hydrogens (tertiary/aromatic N) is 1. The van der Waals surface area contributed by atoms with Gasteiger partial charge in [-0.05, 0) is 68.5 Å². The SMILES string of the molecule is Cc1cc(C(=O)O)cc(S(=O)(=O)O)c1C(C)(C)\C(=C/C=C/C=C/C1=[N+](CCCS(=O)(=O)O)c2cc(C(=O)NCCS(=O)(=O)O)cc(C(=O)NCCS(=O)(=O)O)c2C1(C)CCCS(=O)(=O)O)NCCCS(=O)(=O)O. The van der Waals surface area contributed by atoms with Gasteiger partial charge in [0, 0.05) is 54.9 Å². The predicted molar refractivity (Wildman–Crippen MR) is 264 cm³/mol. The van der Waals surface area contributed by atoms with Crippen molar-refractivity contribution in [3.05, 3.63) is 93.7 Å². The van der Waals surface area contributed by atoms with Crippen LogP contribution in [0.15, 0.2) is 65.2 Å². The van der Waals surface area contributed by atoms with Gasteiger partial charge in [-0.3, -0.25) is 36.9 Å². The minimum absolute atomic E-state index is 0.00682. The van der Waals surface area contributed by atoms with Crippen molar-refractivity contribution >= 4 is 89.9 Å². The Morgan fingerprint density at radius 1 is 0.630 bits per heavy atom. The van der Waals surface area contributed by atoms with Gasteiger partial charge in [0.15, 0.2) is 5.71 Å². The first kappa shape index (κ1) is 62.3. The smallest absolute Gasteiger partial charge is 0.335 e. The van der Waals surface area contributed by atoms with Crippen LogP contribution in [0, 0.1) is 6.92 Å². The molecule has 2 aromatic carbocycles. The number of hydrogen-bond acceptors (Lipinski definition) is 16. The van der Waals surface area contributed by atoms with Crippen LogP contribution >= 0.6 is 0 Å². The predicted octanol–water partition coefficient (Wildman–Crippen LogP) is 1.32. The standard InChI is InChI=1S/C41H56N4O22S6/c1-27-23-29(39(48)49)26-32(73(65,66)67)35(27)40(2,3)33(42-14-9-19-69(53,54)55)11-6-5-7-12-34-41(4,13-8-18-68(50,51)52)36-30(38(47)44-16-22-72(62,63)64)24-28(37(46)43-15-21-71(59,60)61)25-31(36)45(34)17-10-20-70(56,57)58/h5-7,11-12,23-26H,8-10,13-22H2,1-4H3,(H9,43,44,46,47,48,49,50,51,52,53,54,55,56,57,58,59,60,61,62,63,64,65,66,67)/p+1. The van der Waals surface area contributed by atoms with Gasteiger partial charge in [0.1, 0.15) is 6.54 Å². The summed E-state index contributed by atoms with van der Waals surface area (Å²) >= 11 is 0. The summed E-state index contributed by atoms with van der Waals surface area (Å²) in [6, 6.07) is 4.18. The molecule has 10 N–H and O–H groups in total. The van der Waals surface area contributed by atoms with Gasteiger partial charge in [-0.1, -0.05) is 32.1 Å². The second-order valence-corrected chi connectivity index (χ2v) is 26.6. The number of carboxylic acid groups (broad SMARTS) is 1. The minimum atomic E-state index is -5.09. The monoisotopic (exact) mass is 1150 g/mol. The normalized spacial score (nSPS) is 16.3. The molecule has 1 unspecified atom stereocenters. The molecule has 1 heterocycles. The van der Waals surface area contributed by atoms with E-state index in [1.807, 2.05) is 0 Å². The quantitative estimate of drug-likeness (QED) is 0.0248. The van der Waals surface area contributed by atoms with E-state index in [0.717, 1.165) is 12.1 Å². The highest BCUT2D eigenvalue weighted by atomic mass is 32.2. The zero-order valence-corrected chi connectivity index (χ0v) is 44.4. The Labute approximate surface area is 423 Å². The van der Waals surface area contributed by atoms with Crippen LogP contribution in [0.1, 0.15) is 94.2 Å². The number of aryl methyl sites for hydroxylation is 1. The van der Waals surface area contributed by atoms with Crippen molar-refractivity contribution in [2.24, 2.45) is 0 Å². The van der Waals surface area contributed by atoms with Gasteiger partial charge in [0.25, 0.3) is 72.5 Å². The van der Waals surface area contributed by atoms with E-state index >= 15 is 0 Å². The number of amides is 2. The lowest BCUT2D eigenvalue weighted by molar-refractivity contribution is -0.437. The Hall–Kier alpha value is -5.00. The fourth-order valence-electron chi connectivity index (χ4n) is 8.20. The molecular weight excluding hydrogens is 1090 g/mol. The van der Waals surface area contributed by atoms with E-state index in [-0.39, 0.29) is 83.7 Å². The Bertz CT molecular complexity index is 3310. The Kier molecular flexibility index (Phi) is 20.6. The van der Waals surface area contributed by atoms with E-state index in [0.29, 0.717) is 0 Å². The first-order valence-corrected chi connectivity index (χ1v) is 31.0. The maximum atomic E-state index is 14.1. The van der Waals surface area contributed by atoms with E-state index in [4.69, 9.17) is 0 Å². The number of nitrogens with one attached hydrogen (secondary N) is 3. The van der Waals surface area contributed by atoms with Gasteiger partial charge in [-0.2, -0.15) is 55.1 Å². The topological polar surface area (TPSA) is 437 Å². The molecular formula is C41H57N4O22S6+. The molecule has 1 aliphatic rings. The molecule has 0 bridgehead atoms. The Morgan fingerprint density at radius 2 is 1.15 bits per heavy atom. The number of carbonyl (C=O) groups excluding carboxylic acids is 2. The fourth-order valence-corrected chi connectivity index (χ4v) is 11.4. The third-order valence-corrected chi connectivity index (χ3v) is 16.0. The van der Waals surface area contributed by atoms with E-state index in [1.54, 1.807) is 0 Å². The van der Waals surface area contributed by atoms with E-state index in [2.05, 4.69) is 16.0 Å². The maximum absolute atomic E-state index is 14.1. The van der Waals surface area contributed by atoms with Gasteiger partial charge in [0.05, 0.1) is 55.8 Å². The van der Waals surface area contributed by atoms with Gasteiger partial charge in [0.2, 0.25) is 5.69 Å². The number of benzene rings is 2. The number of fused-ring (bicyclic) bond motifs is 1. The van der Waals surface area contributed by atoms with Crippen molar-refractivity contribution in [1.82, 2.24) is 16.0 Å². The van der Waals surface area contributed by atoms with Gasteiger partial charge in [-0.25, -0.2) is 4.79 Å². The second-order valence-electron chi connectivity index (χ2n) is 17.4. The molecule has 0 aliphatic carbocycles. The molecule has 2 amide bonds. The molecule has 26 nitrogen and oxygen atoms in total. The number of carbonyl (C=O) groups is 3. The molecule has 1 atom stereocenters. The number of rotatable bonds is 28. The van der Waals surface area contributed by atoms with Crippen molar-refractivity contribution in [3.63, 3.8) is 0 Å². The number of allylic oxidation sites excluding steroid dienone is 6. The van der Waals surface area contributed by atoms with Crippen molar-refractivity contribution in [1.29, 1.82) is 0 Å². The molecule has 0 saturated carbocycles. The summed E-state index contributed by atoms with van der Waals surface area (Å²) in [6.45, 7) is 4.15. The minimum Gasteiger partial charge on any atom is -0.478 e. The first-order chi connectivity index (χ1) is 33.2. The second kappa shape index (κ2) is 24.1. The summed E-state index contributed by atoms with van der Waals surface area (Å²) in [6.07, 6.45) is 5.95. The summed E-state index contributed by atoms with van der Waals surface area (Å²) in [5.41, 5.74) is -3.80. The van der Waals surface area contributed by atoms with Crippen LogP contribution in [0.5, 0.6) is 0 Å². The molecule has 0 radical (unpaired) electrons. The van der Waals surface area contributed by atoms with Crippen LogP contribution in [0.25, 0.3) is 0 Å². The zero-order valence-electron chi connectivity index (χ0n) is 39.5. The molecule has 0 fully saturated rings. The molecule has 0 aromatic heterocycles. The first-order valence-electron chi connectivity index (χ1n) is 21.5. The van der Waals surface area contributed by atoms with Crippen LogP contribution in [-0.4, -0.2) is 166 Å². The van der Waals surface area contributed by atoms with E-state index < -0.39 is 142 Å².